The molecular formula is C16H18N2O4S. The van der Waals surface area contributed by atoms with Crippen molar-refractivity contribution in [2.24, 2.45) is 5.92 Å². The highest BCUT2D eigenvalue weighted by Crippen LogP contribution is 2.34. The van der Waals surface area contributed by atoms with Gasteiger partial charge in [-0.15, -0.1) is 0 Å². The molecule has 0 spiro atoms. The van der Waals surface area contributed by atoms with Gasteiger partial charge in [0, 0.05) is 11.1 Å². The molecule has 1 fully saturated rings. The van der Waals surface area contributed by atoms with Crippen LogP contribution >= 0.6 is 0 Å². The Balaban J connectivity index is 1.98. The molecule has 0 radical (unpaired) electrons. The van der Waals surface area contributed by atoms with Crippen LogP contribution in [0, 0.1) is 12.8 Å². The lowest BCUT2D eigenvalue weighted by Crippen LogP contribution is -2.41. The van der Waals surface area contributed by atoms with Crippen molar-refractivity contribution >= 4 is 26.9 Å². The van der Waals surface area contributed by atoms with Crippen molar-refractivity contribution in [3.63, 3.8) is 0 Å². The maximum Gasteiger partial charge on any atom is 0.321 e. The van der Waals surface area contributed by atoms with Gasteiger partial charge >= 0.3 is 5.97 Å². The number of pyridine rings is 1. The highest BCUT2D eigenvalue weighted by atomic mass is 32.2. The van der Waals surface area contributed by atoms with Crippen LogP contribution in [0.5, 0.6) is 0 Å². The fourth-order valence-corrected chi connectivity index (χ4v) is 3.95. The van der Waals surface area contributed by atoms with Gasteiger partial charge in [-0.2, -0.15) is 4.72 Å². The number of carbonyl (C=O) groups is 1. The topological polar surface area (TPSA) is 96.4 Å². The molecule has 122 valence electrons. The number of aromatic nitrogens is 1. The zero-order valence-corrected chi connectivity index (χ0v) is 13.5. The molecule has 1 aromatic carbocycles. The lowest BCUT2D eigenvalue weighted by Gasteiger charge is -2.15. The predicted octanol–water partition coefficient (Wildman–Crippen LogP) is 2.07. The van der Waals surface area contributed by atoms with E-state index >= 15 is 0 Å². The third-order valence-corrected chi connectivity index (χ3v) is 5.48. The Morgan fingerprint density at radius 1 is 1.35 bits per heavy atom. The number of nitrogens with one attached hydrogen (secondary N) is 1. The summed E-state index contributed by atoms with van der Waals surface area (Å²) >= 11 is 0. The third-order valence-electron chi connectivity index (χ3n) is 3.97. The number of aliphatic carboxylic acids is 1. The molecule has 2 aromatic rings. The van der Waals surface area contributed by atoms with Gasteiger partial charge in [0.25, 0.3) is 0 Å². The Labute approximate surface area is 134 Å². The van der Waals surface area contributed by atoms with Gasteiger partial charge in [0.05, 0.1) is 5.52 Å². The number of rotatable bonds is 6. The molecule has 7 heteroatoms. The summed E-state index contributed by atoms with van der Waals surface area (Å²) in [7, 11) is -3.96. The summed E-state index contributed by atoms with van der Waals surface area (Å²) in [6.07, 6.45) is 2.24. The van der Waals surface area contributed by atoms with Gasteiger partial charge in [-0.3, -0.25) is 9.78 Å². The molecule has 1 atom stereocenters. The van der Waals surface area contributed by atoms with Gasteiger partial charge in [-0.25, -0.2) is 8.42 Å². The van der Waals surface area contributed by atoms with Crippen molar-refractivity contribution < 1.29 is 18.3 Å². The second-order valence-corrected chi connectivity index (χ2v) is 7.65. The Kier molecular flexibility index (Phi) is 4.08. The number of sulfonamides is 1. The van der Waals surface area contributed by atoms with Crippen LogP contribution in [0.4, 0.5) is 0 Å². The highest BCUT2D eigenvalue weighted by Gasteiger charge is 2.33. The minimum Gasteiger partial charge on any atom is -0.480 e. The van der Waals surface area contributed by atoms with E-state index in [1.54, 1.807) is 31.2 Å². The van der Waals surface area contributed by atoms with Gasteiger partial charge in [-0.05, 0) is 31.4 Å². The number of aryl methyl sites for hydroxylation is 1. The first-order valence-electron chi connectivity index (χ1n) is 7.48. The average molecular weight is 334 g/mol. The molecule has 1 aliphatic carbocycles. The monoisotopic (exact) mass is 334 g/mol. The van der Waals surface area contributed by atoms with Gasteiger partial charge in [-0.1, -0.05) is 31.0 Å². The van der Waals surface area contributed by atoms with Crippen LogP contribution in [0.3, 0.4) is 0 Å². The minimum absolute atomic E-state index is 0.0146. The van der Waals surface area contributed by atoms with Crippen LogP contribution in [0.15, 0.2) is 35.2 Å². The maximum absolute atomic E-state index is 12.7. The van der Waals surface area contributed by atoms with E-state index in [2.05, 4.69) is 9.71 Å². The van der Waals surface area contributed by atoms with Crippen molar-refractivity contribution in [1.82, 2.24) is 9.71 Å². The van der Waals surface area contributed by atoms with E-state index in [9.17, 15) is 18.3 Å². The van der Waals surface area contributed by atoms with E-state index in [-0.39, 0.29) is 4.90 Å². The van der Waals surface area contributed by atoms with Crippen LogP contribution in [0.2, 0.25) is 0 Å². The fraction of sp³-hybridized carbons (Fsp3) is 0.375. The zero-order valence-electron chi connectivity index (χ0n) is 12.7. The molecule has 0 bridgehead atoms. The number of carboxylic acid groups (broad SMARTS) is 1. The SMILES string of the molecule is Cc1ccc2cccc(S(=O)(=O)N[C@@H](CC3CC3)C(=O)O)c2n1. The molecule has 0 amide bonds. The van der Waals surface area contributed by atoms with E-state index in [1.807, 2.05) is 0 Å². The number of hydrogen-bond acceptors (Lipinski definition) is 4. The minimum atomic E-state index is -3.96. The molecule has 2 N–H and O–H groups in total. The number of carboxylic acids is 1. The second-order valence-electron chi connectivity index (χ2n) is 5.97. The van der Waals surface area contributed by atoms with Crippen LogP contribution in [0.1, 0.15) is 25.0 Å². The first-order chi connectivity index (χ1) is 10.9. The molecule has 1 saturated carbocycles. The predicted molar refractivity (Wildman–Crippen MR) is 85.6 cm³/mol. The molecule has 0 saturated heterocycles. The summed E-state index contributed by atoms with van der Waals surface area (Å²) in [5.41, 5.74) is 1.06. The number of benzene rings is 1. The van der Waals surface area contributed by atoms with Crippen molar-refractivity contribution in [2.75, 3.05) is 0 Å². The Morgan fingerprint density at radius 3 is 2.74 bits per heavy atom. The third kappa shape index (κ3) is 3.51. The number of nitrogens with zero attached hydrogens (tertiary/aromatic N) is 1. The fourth-order valence-electron chi connectivity index (χ4n) is 2.57. The van der Waals surface area contributed by atoms with Crippen molar-refractivity contribution in [3.05, 3.63) is 36.0 Å². The van der Waals surface area contributed by atoms with E-state index < -0.39 is 22.0 Å². The standard InChI is InChI=1S/C16H18N2O4S/c1-10-5-8-12-3-2-4-14(15(12)17-10)23(21,22)18-13(16(19)20)9-11-6-7-11/h2-5,8,11,13,18H,6-7,9H2,1H3,(H,19,20)/t13-/m0/s1. The molecule has 1 aliphatic rings. The summed E-state index contributed by atoms with van der Waals surface area (Å²) in [4.78, 5) is 15.7. The lowest BCUT2D eigenvalue weighted by molar-refractivity contribution is -0.139. The molecule has 0 aliphatic heterocycles. The first-order valence-corrected chi connectivity index (χ1v) is 8.96. The van der Waals surface area contributed by atoms with Crippen molar-refractivity contribution in [2.45, 2.75) is 37.1 Å². The summed E-state index contributed by atoms with van der Waals surface area (Å²) < 4.78 is 27.6. The van der Waals surface area contributed by atoms with E-state index in [1.165, 1.54) is 6.07 Å². The van der Waals surface area contributed by atoms with Crippen LogP contribution in [0.25, 0.3) is 10.9 Å². The summed E-state index contributed by atoms with van der Waals surface area (Å²) in [5.74, 6) is -0.850. The van der Waals surface area contributed by atoms with E-state index in [0.29, 0.717) is 28.9 Å². The number of fused-ring (bicyclic) bond motifs is 1. The Hall–Kier alpha value is -1.99. The normalized spacial score (nSPS) is 16.4. The number of hydrogen-bond donors (Lipinski definition) is 2. The van der Waals surface area contributed by atoms with E-state index in [4.69, 9.17) is 0 Å². The quantitative estimate of drug-likeness (QED) is 0.843. The highest BCUT2D eigenvalue weighted by molar-refractivity contribution is 7.89. The molecule has 23 heavy (non-hydrogen) atoms. The van der Waals surface area contributed by atoms with Gasteiger partial charge in [0.1, 0.15) is 10.9 Å². The molecule has 0 unspecified atom stereocenters. The molecule has 6 nitrogen and oxygen atoms in total. The van der Waals surface area contributed by atoms with Crippen molar-refractivity contribution in [3.8, 4) is 0 Å². The smallest absolute Gasteiger partial charge is 0.321 e. The maximum atomic E-state index is 12.7. The van der Waals surface area contributed by atoms with Gasteiger partial charge in [0.15, 0.2) is 0 Å². The van der Waals surface area contributed by atoms with Crippen LogP contribution in [-0.4, -0.2) is 30.5 Å². The van der Waals surface area contributed by atoms with Crippen LogP contribution < -0.4 is 4.72 Å². The summed E-state index contributed by atoms with van der Waals surface area (Å²) in [5, 5.41) is 9.98. The Morgan fingerprint density at radius 2 is 2.09 bits per heavy atom. The van der Waals surface area contributed by atoms with Crippen molar-refractivity contribution in [1.29, 1.82) is 0 Å². The van der Waals surface area contributed by atoms with Gasteiger partial charge in [0.2, 0.25) is 10.0 Å². The van der Waals surface area contributed by atoms with E-state index in [0.717, 1.165) is 12.8 Å². The average Bonchev–Trinajstić information content (AvgIpc) is 3.29. The summed E-state index contributed by atoms with van der Waals surface area (Å²) in [6.45, 7) is 1.78. The molecular weight excluding hydrogens is 316 g/mol. The molecule has 1 aromatic heterocycles. The first kappa shape index (κ1) is 15.9. The zero-order chi connectivity index (χ0) is 16.6. The molecule has 3 rings (SSSR count). The van der Waals surface area contributed by atoms with Gasteiger partial charge < -0.3 is 5.11 Å². The van der Waals surface area contributed by atoms with Crippen LogP contribution in [-0.2, 0) is 14.8 Å². The molecule has 1 heterocycles. The largest absolute Gasteiger partial charge is 0.480 e. The number of para-hydroxylation sites is 1. The summed E-state index contributed by atoms with van der Waals surface area (Å²) in [6, 6.07) is 7.36. The lowest BCUT2D eigenvalue weighted by atomic mass is 10.1. The Bertz CT molecular complexity index is 860. The second kappa shape index (κ2) is 5.90.